The van der Waals surface area contributed by atoms with Crippen molar-refractivity contribution in [3.05, 3.63) is 65.5 Å². The van der Waals surface area contributed by atoms with Gasteiger partial charge in [0.2, 0.25) is 0 Å². The zero-order valence-electron chi connectivity index (χ0n) is 16.9. The van der Waals surface area contributed by atoms with Gasteiger partial charge in [0.05, 0.1) is 6.61 Å². The highest BCUT2D eigenvalue weighted by atomic mass is 16.5. The molecule has 1 heterocycles. The standard InChI is InChI=1S/C22H27N3O3/c1-22(2,25(3)4)15-23-21(26)20-12-19(28-24-20)14-27-13-16-9-10-17-7-5-6-8-18(17)11-16/h5-12H,13-15H2,1-4H3,(H,23,26). The lowest BCUT2D eigenvalue weighted by Gasteiger charge is -2.32. The molecule has 6 nitrogen and oxygen atoms in total. The number of nitrogens with zero attached hydrogens (tertiary/aromatic N) is 2. The molecular weight excluding hydrogens is 354 g/mol. The van der Waals surface area contributed by atoms with Crippen molar-refractivity contribution in [1.29, 1.82) is 0 Å². The summed E-state index contributed by atoms with van der Waals surface area (Å²) in [6.07, 6.45) is 0. The fourth-order valence-electron chi connectivity index (χ4n) is 2.63. The van der Waals surface area contributed by atoms with Gasteiger partial charge in [-0.1, -0.05) is 41.6 Å². The van der Waals surface area contributed by atoms with E-state index in [1.807, 2.05) is 32.3 Å². The summed E-state index contributed by atoms with van der Waals surface area (Å²) in [6.45, 7) is 5.35. The highest BCUT2D eigenvalue weighted by molar-refractivity contribution is 5.92. The number of aromatic nitrogens is 1. The molecule has 0 saturated heterocycles. The number of hydrogen-bond donors (Lipinski definition) is 1. The molecule has 0 atom stereocenters. The minimum absolute atomic E-state index is 0.148. The van der Waals surface area contributed by atoms with E-state index >= 15 is 0 Å². The third kappa shape index (κ3) is 4.97. The summed E-state index contributed by atoms with van der Waals surface area (Å²) in [5, 5.41) is 9.12. The Bertz CT molecular complexity index is 947. The Hall–Kier alpha value is -2.70. The summed E-state index contributed by atoms with van der Waals surface area (Å²) >= 11 is 0. The van der Waals surface area contributed by atoms with Crippen LogP contribution in [-0.2, 0) is 18.0 Å². The van der Waals surface area contributed by atoms with Gasteiger partial charge in [-0.25, -0.2) is 0 Å². The van der Waals surface area contributed by atoms with Crippen LogP contribution in [0.4, 0.5) is 0 Å². The van der Waals surface area contributed by atoms with E-state index < -0.39 is 0 Å². The summed E-state index contributed by atoms with van der Waals surface area (Å²) in [4.78, 5) is 14.3. The largest absolute Gasteiger partial charge is 0.369 e. The summed E-state index contributed by atoms with van der Waals surface area (Å²) in [5.74, 6) is 0.275. The van der Waals surface area contributed by atoms with Crippen molar-refractivity contribution in [3.63, 3.8) is 0 Å². The minimum Gasteiger partial charge on any atom is -0.369 e. The van der Waals surface area contributed by atoms with Crippen molar-refractivity contribution >= 4 is 16.7 Å². The van der Waals surface area contributed by atoms with E-state index in [2.05, 4.69) is 53.5 Å². The predicted molar refractivity (Wildman–Crippen MR) is 109 cm³/mol. The lowest BCUT2D eigenvalue weighted by atomic mass is 10.0. The molecule has 0 spiro atoms. The average Bonchev–Trinajstić information content (AvgIpc) is 3.15. The van der Waals surface area contributed by atoms with Crippen LogP contribution in [0.3, 0.4) is 0 Å². The highest BCUT2D eigenvalue weighted by Gasteiger charge is 2.22. The molecule has 1 aromatic heterocycles. The van der Waals surface area contributed by atoms with Crippen LogP contribution < -0.4 is 5.32 Å². The van der Waals surface area contributed by atoms with Crippen LogP contribution in [-0.4, -0.2) is 42.1 Å². The molecule has 0 radical (unpaired) electrons. The normalized spacial score (nSPS) is 11.9. The molecule has 148 valence electrons. The first-order chi connectivity index (χ1) is 13.3. The number of nitrogens with one attached hydrogen (secondary N) is 1. The Labute approximate surface area is 165 Å². The number of rotatable bonds is 8. The molecule has 6 heteroatoms. The van der Waals surface area contributed by atoms with Crippen LogP contribution in [0.5, 0.6) is 0 Å². The zero-order chi connectivity index (χ0) is 20.1. The van der Waals surface area contributed by atoms with Gasteiger partial charge in [0.25, 0.3) is 5.91 Å². The molecule has 3 rings (SSSR count). The number of likely N-dealkylation sites (N-methyl/N-ethyl adjacent to an activating group) is 1. The lowest BCUT2D eigenvalue weighted by molar-refractivity contribution is 0.0873. The van der Waals surface area contributed by atoms with Crippen LogP contribution >= 0.6 is 0 Å². The van der Waals surface area contributed by atoms with E-state index in [1.54, 1.807) is 6.07 Å². The lowest BCUT2D eigenvalue weighted by Crippen LogP contribution is -2.48. The Morgan fingerprint density at radius 1 is 1.11 bits per heavy atom. The Balaban J connectivity index is 1.50. The quantitative estimate of drug-likeness (QED) is 0.646. The van der Waals surface area contributed by atoms with Crippen LogP contribution in [0.15, 0.2) is 53.1 Å². The van der Waals surface area contributed by atoms with Gasteiger partial charge >= 0.3 is 0 Å². The van der Waals surface area contributed by atoms with Crippen LogP contribution in [0.25, 0.3) is 10.8 Å². The maximum absolute atomic E-state index is 12.3. The Morgan fingerprint density at radius 3 is 2.61 bits per heavy atom. The zero-order valence-corrected chi connectivity index (χ0v) is 16.9. The molecule has 0 aliphatic heterocycles. The molecule has 0 aliphatic rings. The first kappa shape index (κ1) is 20.0. The van der Waals surface area contributed by atoms with Crippen LogP contribution in [0.2, 0.25) is 0 Å². The van der Waals surface area contributed by atoms with Gasteiger partial charge in [0, 0.05) is 18.2 Å². The number of amides is 1. The Morgan fingerprint density at radius 2 is 1.86 bits per heavy atom. The second-order valence-electron chi connectivity index (χ2n) is 7.74. The van der Waals surface area contributed by atoms with Gasteiger partial charge < -0.3 is 19.5 Å². The SMILES string of the molecule is CN(C)C(C)(C)CNC(=O)c1cc(COCc2ccc3ccccc3c2)on1. The van der Waals surface area contributed by atoms with E-state index in [-0.39, 0.29) is 23.7 Å². The maximum atomic E-state index is 12.3. The summed E-state index contributed by atoms with van der Waals surface area (Å²) in [5.41, 5.74) is 1.20. The molecule has 0 bridgehead atoms. The molecule has 0 unspecified atom stereocenters. The molecule has 2 aromatic carbocycles. The smallest absolute Gasteiger partial charge is 0.273 e. The number of carbonyl (C=O) groups is 1. The summed E-state index contributed by atoms with van der Waals surface area (Å²) in [7, 11) is 3.96. The number of benzene rings is 2. The van der Waals surface area contributed by atoms with E-state index in [0.717, 1.165) is 5.56 Å². The summed E-state index contributed by atoms with van der Waals surface area (Å²) in [6, 6.07) is 16.1. The van der Waals surface area contributed by atoms with Crippen LogP contribution in [0, 0.1) is 0 Å². The van der Waals surface area contributed by atoms with Crippen molar-refractivity contribution in [2.24, 2.45) is 0 Å². The van der Waals surface area contributed by atoms with E-state index in [0.29, 0.717) is 18.9 Å². The number of carbonyl (C=O) groups excluding carboxylic acids is 1. The fraction of sp³-hybridized carbons (Fsp3) is 0.364. The van der Waals surface area contributed by atoms with Gasteiger partial charge in [-0.05, 0) is 50.3 Å². The maximum Gasteiger partial charge on any atom is 0.273 e. The molecule has 0 fully saturated rings. The molecular formula is C22H27N3O3. The minimum atomic E-state index is -0.251. The monoisotopic (exact) mass is 381 g/mol. The Kier molecular flexibility index (Phi) is 6.11. The third-order valence-corrected chi connectivity index (χ3v) is 5.01. The predicted octanol–water partition coefficient (Wildman–Crippen LogP) is 3.61. The molecule has 3 aromatic rings. The van der Waals surface area contributed by atoms with Gasteiger partial charge in [-0.2, -0.15) is 0 Å². The van der Waals surface area contributed by atoms with Gasteiger partial charge in [-0.3, -0.25) is 4.79 Å². The number of ether oxygens (including phenoxy) is 1. The van der Waals surface area contributed by atoms with Gasteiger partial charge in [-0.15, -0.1) is 0 Å². The number of hydrogen-bond acceptors (Lipinski definition) is 5. The topological polar surface area (TPSA) is 67.6 Å². The first-order valence-electron chi connectivity index (χ1n) is 9.32. The molecule has 1 N–H and O–H groups in total. The second-order valence-corrected chi connectivity index (χ2v) is 7.74. The molecule has 0 aliphatic carbocycles. The van der Waals surface area contributed by atoms with Crippen molar-refractivity contribution in [2.45, 2.75) is 32.6 Å². The second kappa shape index (κ2) is 8.54. The number of fused-ring (bicyclic) bond motifs is 1. The summed E-state index contributed by atoms with van der Waals surface area (Å²) < 4.78 is 10.9. The van der Waals surface area contributed by atoms with Crippen LogP contribution in [0.1, 0.15) is 35.7 Å². The van der Waals surface area contributed by atoms with E-state index in [4.69, 9.17) is 9.26 Å². The van der Waals surface area contributed by atoms with E-state index in [9.17, 15) is 4.79 Å². The fourth-order valence-corrected chi connectivity index (χ4v) is 2.63. The third-order valence-electron chi connectivity index (χ3n) is 5.01. The van der Waals surface area contributed by atoms with Crippen molar-refractivity contribution < 1.29 is 14.1 Å². The van der Waals surface area contributed by atoms with Crippen molar-refractivity contribution in [3.8, 4) is 0 Å². The average molecular weight is 381 g/mol. The van der Waals surface area contributed by atoms with Crippen molar-refractivity contribution in [1.82, 2.24) is 15.4 Å². The van der Waals surface area contributed by atoms with Gasteiger partial charge in [0.1, 0.15) is 6.61 Å². The molecule has 1 amide bonds. The first-order valence-corrected chi connectivity index (χ1v) is 9.32. The van der Waals surface area contributed by atoms with Gasteiger partial charge in [0.15, 0.2) is 11.5 Å². The molecule has 28 heavy (non-hydrogen) atoms. The molecule has 0 saturated carbocycles. The van der Waals surface area contributed by atoms with Crippen molar-refractivity contribution in [2.75, 3.05) is 20.6 Å². The van der Waals surface area contributed by atoms with E-state index in [1.165, 1.54) is 10.8 Å². The highest BCUT2D eigenvalue weighted by Crippen LogP contribution is 2.17.